The summed E-state index contributed by atoms with van der Waals surface area (Å²) < 4.78 is 6.91. The fraction of sp³-hybridized carbons (Fsp3) is 0. The molecular formula is C46H28N4S. The minimum atomic E-state index is 0.666. The van der Waals surface area contributed by atoms with Crippen LogP contribution in [0, 0.1) is 0 Å². The van der Waals surface area contributed by atoms with Gasteiger partial charge in [-0.2, -0.15) is 0 Å². The molecule has 0 bridgehead atoms. The number of rotatable bonds is 4. The molecule has 0 unspecified atom stereocenters. The van der Waals surface area contributed by atoms with E-state index in [-0.39, 0.29) is 0 Å². The van der Waals surface area contributed by atoms with Crippen LogP contribution >= 0.6 is 11.3 Å². The normalized spacial score (nSPS) is 11.9. The van der Waals surface area contributed by atoms with E-state index in [4.69, 9.17) is 9.97 Å². The lowest BCUT2D eigenvalue weighted by Crippen LogP contribution is -2.03. The average molecular weight is 669 g/mol. The maximum Gasteiger partial charge on any atom is 0.235 e. The second kappa shape index (κ2) is 11.0. The van der Waals surface area contributed by atoms with Gasteiger partial charge in [0, 0.05) is 42.9 Å². The Morgan fingerprint density at radius 2 is 1.02 bits per heavy atom. The number of benzene rings is 7. The van der Waals surface area contributed by atoms with Crippen LogP contribution in [0.4, 0.5) is 0 Å². The Hall–Kier alpha value is -6.56. The van der Waals surface area contributed by atoms with E-state index in [1.807, 2.05) is 0 Å². The van der Waals surface area contributed by atoms with Crippen molar-refractivity contribution >= 4 is 75.3 Å². The van der Waals surface area contributed by atoms with Gasteiger partial charge in [-0.05, 0) is 53.6 Å². The maximum absolute atomic E-state index is 5.51. The number of nitrogens with zero attached hydrogens (tertiary/aromatic N) is 4. The molecule has 4 nitrogen and oxygen atoms in total. The predicted molar refractivity (Wildman–Crippen MR) is 214 cm³/mol. The fourth-order valence-electron chi connectivity index (χ4n) is 7.96. The highest BCUT2D eigenvalue weighted by molar-refractivity contribution is 7.26. The number of fused-ring (bicyclic) bond motifs is 9. The van der Waals surface area contributed by atoms with Crippen LogP contribution in [-0.4, -0.2) is 19.1 Å². The number of para-hydroxylation sites is 3. The molecule has 5 heteroatoms. The van der Waals surface area contributed by atoms with Crippen molar-refractivity contribution in [3.05, 3.63) is 170 Å². The number of hydrogen-bond acceptors (Lipinski definition) is 3. The van der Waals surface area contributed by atoms with Gasteiger partial charge in [0.1, 0.15) is 0 Å². The van der Waals surface area contributed by atoms with Crippen molar-refractivity contribution in [2.24, 2.45) is 0 Å². The summed E-state index contributed by atoms with van der Waals surface area (Å²) in [5.74, 6) is 0.666. The van der Waals surface area contributed by atoms with Gasteiger partial charge in [-0.1, -0.05) is 127 Å². The van der Waals surface area contributed by atoms with Crippen molar-refractivity contribution in [1.29, 1.82) is 0 Å². The summed E-state index contributed by atoms with van der Waals surface area (Å²) in [4.78, 5) is 10.9. The molecule has 0 aliphatic carbocycles. The molecule has 0 amide bonds. The van der Waals surface area contributed by atoms with Crippen LogP contribution in [0.5, 0.6) is 0 Å². The van der Waals surface area contributed by atoms with Crippen LogP contribution < -0.4 is 0 Å². The minimum absolute atomic E-state index is 0.666. The quantitative estimate of drug-likeness (QED) is 0.187. The summed E-state index contributed by atoms with van der Waals surface area (Å²) >= 11 is 1.76. The van der Waals surface area contributed by atoms with E-state index in [1.54, 1.807) is 11.3 Å². The molecule has 0 saturated carbocycles. The second-order valence-electron chi connectivity index (χ2n) is 13.0. The van der Waals surface area contributed by atoms with Crippen molar-refractivity contribution in [3.63, 3.8) is 0 Å². The molecule has 0 aliphatic heterocycles. The molecule has 0 atom stereocenters. The SMILES string of the molecule is c1ccc(-c2cccc3c2c2ccccc2n3-c2nc(-c3cccc(-n4c5ccccc5c5ccccc54)c3)c3sc4ccccc4c3n2)cc1. The molecule has 0 N–H and O–H groups in total. The molecule has 11 aromatic rings. The maximum atomic E-state index is 5.51. The van der Waals surface area contributed by atoms with Gasteiger partial charge in [0.25, 0.3) is 0 Å². The Morgan fingerprint density at radius 1 is 0.431 bits per heavy atom. The lowest BCUT2D eigenvalue weighted by molar-refractivity contribution is 1.02. The molecule has 0 aliphatic rings. The summed E-state index contributed by atoms with van der Waals surface area (Å²) in [6.45, 7) is 0. The highest BCUT2D eigenvalue weighted by Gasteiger charge is 2.22. The van der Waals surface area contributed by atoms with Crippen LogP contribution in [0.1, 0.15) is 0 Å². The van der Waals surface area contributed by atoms with Crippen LogP contribution in [0.25, 0.3) is 97.9 Å². The Kier molecular flexibility index (Phi) is 6.09. The third-order valence-electron chi connectivity index (χ3n) is 10.1. The lowest BCUT2D eigenvalue weighted by Gasteiger charge is -2.12. The summed E-state index contributed by atoms with van der Waals surface area (Å²) in [5, 5.41) is 6.02. The molecule has 0 saturated heterocycles. The fourth-order valence-corrected chi connectivity index (χ4v) is 9.11. The molecule has 0 radical (unpaired) electrons. The van der Waals surface area contributed by atoms with Gasteiger partial charge < -0.3 is 4.57 Å². The zero-order valence-electron chi connectivity index (χ0n) is 27.4. The van der Waals surface area contributed by atoms with E-state index < -0.39 is 0 Å². The van der Waals surface area contributed by atoms with E-state index in [0.717, 1.165) is 43.6 Å². The molecule has 7 aromatic carbocycles. The summed E-state index contributed by atoms with van der Waals surface area (Å²) in [7, 11) is 0. The monoisotopic (exact) mass is 668 g/mol. The van der Waals surface area contributed by atoms with Crippen LogP contribution in [0.15, 0.2) is 170 Å². The molecule has 0 spiro atoms. The molecular weight excluding hydrogens is 641 g/mol. The molecule has 4 heterocycles. The third kappa shape index (κ3) is 4.19. The lowest BCUT2D eigenvalue weighted by atomic mass is 9.99. The van der Waals surface area contributed by atoms with Gasteiger partial charge in [0.15, 0.2) is 0 Å². The van der Waals surface area contributed by atoms with Gasteiger partial charge in [-0.3, -0.25) is 4.57 Å². The first-order valence-corrected chi connectivity index (χ1v) is 18.0. The number of aromatic nitrogens is 4. The Morgan fingerprint density at radius 3 is 1.78 bits per heavy atom. The zero-order chi connectivity index (χ0) is 33.5. The first kappa shape index (κ1) is 28.3. The van der Waals surface area contributed by atoms with Crippen molar-refractivity contribution < 1.29 is 0 Å². The molecule has 0 fully saturated rings. The average Bonchev–Trinajstić information content (AvgIpc) is 3.86. The molecule has 51 heavy (non-hydrogen) atoms. The van der Waals surface area contributed by atoms with Crippen LogP contribution in [0.3, 0.4) is 0 Å². The van der Waals surface area contributed by atoms with Crippen molar-refractivity contribution in [3.8, 4) is 34.0 Å². The van der Waals surface area contributed by atoms with E-state index in [2.05, 4.69) is 179 Å². The Balaban J connectivity index is 1.21. The molecule has 238 valence electrons. The van der Waals surface area contributed by atoms with Crippen LogP contribution in [-0.2, 0) is 0 Å². The van der Waals surface area contributed by atoms with Crippen molar-refractivity contribution in [2.45, 2.75) is 0 Å². The van der Waals surface area contributed by atoms with Gasteiger partial charge in [0.2, 0.25) is 5.95 Å². The minimum Gasteiger partial charge on any atom is -0.309 e. The zero-order valence-corrected chi connectivity index (χ0v) is 28.2. The predicted octanol–water partition coefficient (Wildman–Crippen LogP) is 12.4. The van der Waals surface area contributed by atoms with Gasteiger partial charge in [-0.15, -0.1) is 11.3 Å². The van der Waals surface area contributed by atoms with Crippen molar-refractivity contribution in [2.75, 3.05) is 0 Å². The smallest absolute Gasteiger partial charge is 0.235 e. The van der Waals surface area contributed by atoms with Crippen molar-refractivity contribution in [1.82, 2.24) is 19.1 Å². The first-order chi connectivity index (χ1) is 25.3. The highest BCUT2D eigenvalue weighted by atomic mass is 32.1. The van der Waals surface area contributed by atoms with Crippen LogP contribution in [0.2, 0.25) is 0 Å². The van der Waals surface area contributed by atoms with E-state index in [0.29, 0.717) is 5.95 Å². The Bertz CT molecular complexity index is 3090. The third-order valence-corrected chi connectivity index (χ3v) is 11.3. The van der Waals surface area contributed by atoms with E-state index >= 15 is 0 Å². The number of hydrogen-bond donors (Lipinski definition) is 0. The number of thiophene rings is 1. The first-order valence-electron chi connectivity index (χ1n) is 17.2. The van der Waals surface area contributed by atoms with E-state index in [9.17, 15) is 0 Å². The highest BCUT2D eigenvalue weighted by Crippen LogP contribution is 2.42. The van der Waals surface area contributed by atoms with Gasteiger partial charge in [-0.25, -0.2) is 9.97 Å². The second-order valence-corrected chi connectivity index (χ2v) is 14.0. The topological polar surface area (TPSA) is 35.6 Å². The Labute approximate surface area is 297 Å². The summed E-state index contributed by atoms with van der Waals surface area (Å²) in [6.07, 6.45) is 0. The van der Waals surface area contributed by atoms with Gasteiger partial charge >= 0.3 is 0 Å². The van der Waals surface area contributed by atoms with E-state index in [1.165, 1.54) is 48.4 Å². The summed E-state index contributed by atoms with van der Waals surface area (Å²) in [6, 6.07) is 60.6. The summed E-state index contributed by atoms with van der Waals surface area (Å²) in [5.41, 5.74) is 11.0. The molecule has 4 aromatic heterocycles. The van der Waals surface area contributed by atoms with Gasteiger partial charge in [0.05, 0.1) is 38.0 Å². The standard InChI is InChI=1S/C46H28N4S/c1-2-14-29(15-3-1)32-22-13-26-40-42(32)35-20-6-10-25-39(35)50(40)46-47-43(45-44(48-46)36-21-7-11-27-41(36)51-45)30-16-12-17-31(28-30)49-37-23-8-4-18-33(37)34-19-5-9-24-38(34)49/h1-28H. The molecule has 11 rings (SSSR count). The largest absolute Gasteiger partial charge is 0.309 e.